The van der Waals surface area contributed by atoms with Crippen molar-refractivity contribution in [3.8, 4) is 0 Å². The fraction of sp³-hybridized carbons (Fsp3) is 0.316. The normalized spacial score (nSPS) is 14.6. The van der Waals surface area contributed by atoms with Crippen molar-refractivity contribution in [3.63, 3.8) is 0 Å². The Balaban J connectivity index is 1.86. The molecule has 0 radical (unpaired) electrons. The number of benzene rings is 1. The zero-order valence-corrected chi connectivity index (χ0v) is 17.2. The van der Waals surface area contributed by atoms with Crippen LogP contribution < -0.4 is 9.62 Å². The molecule has 0 spiro atoms. The Morgan fingerprint density at radius 2 is 2.00 bits per heavy atom. The van der Waals surface area contributed by atoms with E-state index in [-0.39, 0.29) is 21.3 Å². The number of aromatic nitrogens is 2. The number of hydrogen-bond acceptors (Lipinski definition) is 6. The second-order valence-electron chi connectivity index (χ2n) is 6.81. The van der Waals surface area contributed by atoms with Crippen LogP contribution in [0, 0.1) is 6.92 Å². The van der Waals surface area contributed by atoms with Gasteiger partial charge in [0.25, 0.3) is 10.0 Å². The van der Waals surface area contributed by atoms with Crippen LogP contribution in [0.3, 0.4) is 0 Å². The molecule has 1 fully saturated rings. The maximum Gasteiger partial charge on any atom is 0.276 e. The third-order valence-electron chi connectivity index (χ3n) is 4.79. The summed E-state index contributed by atoms with van der Waals surface area (Å²) in [6.07, 6.45) is 4.27. The van der Waals surface area contributed by atoms with Gasteiger partial charge in [0.1, 0.15) is 0 Å². The zero-order chi connectivity index (χ0) is 19.9. The number of fused-ring (bicyclic) bond motifs is 1. The van der Waals surface area contributed by atoms with Crippen LogP contribution >= 0.6 is 11.3 Å². The predicted octanol–water partition coefficient (Wildman–Crippen LogP) is 3.71. The molecule has 146 valence electrons. The Kier molecular flexibility index (Phi) is 4.80. The maximum absolute atomic E-state index is 13.7. The quantitative estimate of drug-likeness (QED) is 0.685. The number of hydrogen-bond donors (Lipinski definition) is 1. The van der Waals surface area contributed by atoms with Crippen LogP contribution in [0.1, 0.15) is 31.9 Å². The van der Waals surface area contributed by atoms with Gasteiger partial charge in [0.05, 0.1) is 16.9 Å². The molecule has 1 aromatic carbocycles. The fourth-order valence-electron chi connectivity index (χ4n) is 3.32. The first-order chi connectivity index (χ1) is 13.4. The molecule has 0 unspecified atom stereocenters. The van der Waals surface area contributed by atoms with Gasteiger partial charge in [-0.1, -0.05) is 29.5 Å². The van der Waals surface area contributed by atoms with Gasteiger partial charge in [-0.05, 0) is 38.3 Å². The molecule has 1 aliphatic rings. The average Bonchev–Trinajstić information content (AvgIpc) is 2.97. The third kappa shape index (κ3) is 3.24. The molecule has 0 bridgehead atoms. The minimum Gasteiger partial charge on any atom is -0.302 e. The highest BCUT2D eigenvalue weighted by molar-refractivity contribution is 7.95. The summed E-state index contributed by atoms with van der Waals surface area (Å²) in [6.45, 7) is 3.02. The highest BCUT2D eigenvalue weighted by Gasteiger charge is 2.38. The lowest BCUT2D eigenvalue weighted by molar-refractivity contribution is -0.114. The summed E-state index contributed by atoms with van der Waals surface area (Å²) in [7, 11) is -3.85. The van der Waals surface area contributed by atoms with E-state index >= 15 is 0 Å². The average molecular weight is 417 g/mol. The number of rotatable bonds is 5. The first-order valence-electron chi connectivity index (χ1n) is 9.01. The molecule has 9 heteroatoms. The van der Waals surface area contributed by atoms with E-state index in [9.17, 15) is 13.2 Å². The summed E-state index contributed by atoms with van der Waals surface area (Å²) in [5.41, 5.74) is 1.62. The second-order valence-corrected chi connectivity index (χ2v) is 9.82. The monoisotopic (exact) mass is 416 g/mol. The molecule has 1 amide bonds. The van der Waals surface area contributed by atoms with Crippen molar-refractivity contribution in [1.29, 1.82) is 0 Å². The number of carbonyl (C=O) groups is 1. The number of pyridine rings is 1. The Morgan fingerprint density at radius 3 is 2.68 bits per heavy atom. The van der Waals surface area contributed by atoms with Crippen molar-refractivity contribution < 1.29 is 13.2 Å². The molecule has 0 atom stereocenters. The van der Waals surface area contributed by atoms with Crippen molar-refractivity contribution in [2.45, 2.75) is 43.4 Å². The smallest absolute Gasteiger partial charge is 0.276 e. The minimum atomic E-state index is -3.85. The number of sulfonamides is 1. The van der Waals surface area contributed by atoms with E-state index in [1.807, 2.05) is 24.3 Å². The van der Waals surface area contributed by atoms with Crippen LogP contribution in [0.2, 0.25) is 0 Å². The molecule has 2 aromatic heterocycles. The Labute approximate surface area is 167 Å². The van der Waals surface area contributed by atoms with E-state index in [4.69, 9.17) is 0 Å². The molecule has 3 aromatic rings. The van der Waals surface area contributed by atoms with Crippen molar-refractivity contribution in [2.75, 3.05) is 9.62 Å². The topological polar surface area (TPSA) is 92.3 Å². The number of anilines is 2. The number of nitrogens with one attached hydrogen (secondary N) is 1. The van der Waals surface area contributed by atoms with Crippen molar-refractivity contribution in [1.82, 2.24) is 9.97 Å². The van der Waals surface area contributed by atoms with E-state index in [0.29, 0.717) is 16.9 Å². The van der Waals surface area contributed by atoms with Gasteiger partial charge in [-0.25, -0.2) is 13.4 Å². The van der Waals surface area contributed by atoms with Gasteiger partial charge in [-0.2, -0.15) is 0 Å². The maximum atomic E-state index is 13.7. The summed E-state index contributed by atoms with van der Waals surface area (Å²) in [5.74, 6) is -0.285. The van der Waals surface area contributed by atoms with E-state index < -0.39 is 10.0 Å². The summed E-state index contributed by atoms with van der Waals surface area (Å²) in [4.78, 5) is 20.0. The second kappa shape index (κ2) is 7.14. The van der Waals surface area contributed by atoms with Gasteiger partial charge in [-0.15, -0.1) is 0 Å². The molecule has 28 heavy (non-hydrogen) atoms. The largest absolute Gasteiger partial charge is 0.302 e. The molecule has 1 saturated carbocycles. The Bertz CT molecular complexity index is 1150. The first-order valence-corrected chi connectivity index (χ1v) is 11.3. The summed E-state index contributed by atoms with van der Waals surface area (Å²) in [5, 5.41) is 3.75. The van der Waals surface area contributed by atoms with E-state index in [2.05, 4.69) is 15.3 Å². The van der Waals surface area contributed by atoms with Gasteiger partial charge < -0.3 is 5.32 Å². The molecule has 2 heterocycles. The highest BCUT2D eigenvalue weighted by Crippen LogP contribution is 2.40. The molecule has 0 aliphatic heterocycles. The van der Waals surface area contributed by atoms with Crippen LogP contribution in [0.15, 0.2) is 40.7 Å². The van der Waals surface area contributed by atoms with Crippen molar-refractivity contribution in [3.05, 3.63) is 42.2 Å². The standard InChI is InChI=1S/C19H20N4O3S2/c1-12-18(27-19(21-12)22-13(2)24)28(25,26)23(15-8-4-9-15)16-10-3-6-14-7-5-11-20-17(14)16/h3,5-7,10-11,15H,4,8-9H2,1-2H3,(H,21,22,24). The van der Waals surface area contributed by atoms with Crippen LogP contribution in [-0.2, 0) is 14.8 Å². The van der Waals surface area contributed by atoms with E-state index in [0.717, 1.165) is 36.0 Å². The van der Waals surface area contributed by atoms with Gasteiger partial charge in [0, 0.05) is 24.5 Å². The summed E-state index contributed by atoms with van der Waals surface area (Å²) >= 11 is 0.982. The number of amides is 1. The lowest BCUT2D eigenvalue weighted by atomic mass is 9.93. The van der Waals surface area contributed by atoms with Crippen LogP contribution in [0.5, 0.6) is 0 Å². The number of para-hydroxylation sites is 1. The lowest BCUT2D eigenvalue weighted by Crippen LogP contribution is -2.44. The Morgan fingerprint density at radius 1 is 1.25 bits per heavy atom. The molecule has 0 saturated heterocycles. The van der Waals surface area contributed by atoms with E-state index in [1.165, 1.54) is 11.2 Å². The van der Waals surface area contributed by atoms with Crippen molar-refractivity contribution >= 4 is 49.0 Å². The third-order valence-corrected chi connectivity index (χ3v) is 8.31. The van der Waals surface area contributed by atoms with Gasteiger partial charge in [0.15, 0.2) is 9.34 Å². The van der Waals surface area contributed by atoms with Gasteiger partial charge in [0.2, 0.25) is 5.91 Å². The van der Waals surface area contributed by atoms with Gasteiger partial charge >= 0.3 is 0 Å². The summed E-state index contributed by atoms with van der Waals surface area (Å²) in [6, 6.07) is 9.22. The fourth-order valence-corrected chi connectivity index (χ4v) is 6.58. The number of thiazole rings is 1. The van der Waals surface area contributed by atoms with Crippen molar-refractivity contribution in [2.24, 2.45) is 0 Å². The molecule has 4 rings (SSSR count). The minimum absolute atomic E-state index is 0.108. The molecule has 1 N–H and O–H groups in total. The lowest BCUT2D eigenvalue weighted by Gasteiger charge is -2.38. The van der Waals surface area contributed by atoms with Crippen LogP contribution in [0.4, 0.5) is 10.8 Å². The molecular weight excluding hydrogens is 396 g/mol. The molecule has 1 aliphatic carbocycles. The summed E-state index contributed by atoms with van der Waals surface area (Å²) < 4.78 is 29.0. The van der Waals surface area contributed by atoms with Gasteiger partial charge in [-0.3, -0.25) is 14.1 Å². The number of aryl methyl sites for hydroxylation is 1. The highest BCUT2D eigenvalue weighted by atomic mass is 32.2. The SMILES string of the molecule is CC(=O)Nc1nc(C)c(S(=O)(=O)N(c2cccc3cccnc23)C2CCC2)s1. The first kappa shape index (κ1) is 18.8. The zero-order valence-electron chi connectivity index (χ0n) is 15.5. The Hall–Kier alpha value is -2.52. The predicted molar refractivity (Wildman–Crippen MR) is 110 cm³/mol. The number of carbonyl (C=O) groups excluding carboxylic acids is 1. The molecular formula is C19H20N4O3S2. The van der Waals surface area contributed by atoms with Crippen LogP contribution in [0.25, 0.3) is 10.9 Å². The van der Waals surface area contributed by atoms with Crippen LogP contribution in [-0.4, -0.2) is 30.3 Å². The number of nitrogens with zero attached hydrogens (tertiary/aromatic N) is 3. The molecule has 7 nitrogen and oxygen atoms in total. The van der Waals surface area contributed by atoms with E-state index in [1.54, 1.807) is 19.2 Å².